The molecule has 2 heteroatoms. The summed E-state index contributed by atoms with van der Waals surface area (Å²) in [5, 5.41) is 3.88. The second-order valence-corrected chi connectivity index (χ2v) is 10.3. The van der Waals surface area contributed by atoms with Crippen LogP contribution < -0.4 is 0 Å². The molecule has 0 radical (unpaired) electrons. The predicted octanol–water partition coefficient (Wildman–Crippen LogP) is 7.03. The zero-order chi connectivity index (χ0) is 20.0. The number of aromatic nitrogens is 1. The highest BCUT2D eigenvalue weighted by Crippen LogP contribution is 2.51. The summed E-state index contributed by atoms with van der Waals surface area (Å²) in [5.74, 6) is 1.86. The van der Waals surface area contributed by atoms with Crippen LogP contribution in [0, 0.1) is 11.8 Å². The number of fused-ring (bicyclic) bond motifs is 1. The lowest BCUT2D eigenvalue weighted by molar-refractivity contribution is 0.403. The highest BCUT2D eigenvalue weighted by Gasteiger charge is 2.42. The van der Waals surface area contributed by atoms with Crippen LogP contribution >= 0.6 is 0 Å². The van der Waals surface area contributed by atoms with E-state index in [4.69, 9.17) is 4.52 Å². The molecule has 1 aromatic heterocycles. The Bertz CT molecular complexity index is 835. The van der Waals surface area contributed by atoms with E-state index < -0.39 is 0 Å². The van der Waals surface area contributed by atoms with Gasteiger partial charge in [0, 0.05) is 6.07 Å². The Morgan fingerprint density at radius 1 is 1.07 bits per heavy atom. The van der Waals surface area contributed by atoms with Gasteiger partial charge in [-0.1, -0.05) is 72.7 Å². The van der Waals surface area contributed by atoms with Gasteiger partial charge in [-0.25, -0.2) is 0 Å². The number of hydrogen-bond donors (Lipinski definition) is 0. The molecule has 1 aliphatic carbocycles. The van der Waals surface area contributed by atoms with Crippen molar-refractivity contribution in [3.05, 3.63) is 52.4 Å². The van der Waals surface area contributed by atoms with Crippen molar-refractivity contribution in [2.24, 2.45) is 11.8 Å². The summed E-state index contributed by atoms with van der Waals surface area (Å²) in [7, 11) is 0. The van der Waals surface area contributed by atoms with Crippen molar-refractivity contribution >= 4 is 11.6 Å². The summed E-state index contributed by atoms with van der Waals surface area (Å²) >= 11 is 0. The van der Waals surface area contributed by atoms with Crippen LogP contribution in [-0.4, -0.2) is 5.16 Å². The number of nitrogens with zero attached hydrogens (tertiary/aromatic N) is 1. The Morgan fingerprint density at radius 2 is 1.70 bits per heavy atom. The third-order valence-electron chi connectivity index (χ3n) is 5.90. The van der Waals surface area contributed by atoms with Gasteiger partial charge in [0.2, 0.25) is 0 Å². The highest BCUT2D eigenvalue weighted by atomic mass is 16.5. The maximum Gasteiger partial charge on any atom is 0.159 e. The Hall–Kier alpha value is -1.83. The van der Waals surface area contributed by atoms with Gasteiger partial charge in [-0.15, -0.1) is 0 Å². The molecular weight excluding hydrogens is 330 g/mol. The SMILES string of the molecule is CC(C)Cc1cc2c(cc1/C(=C/c1ccno1)C(C)C)C(C)(C)CC2(C)C. The van der Waals surface area contributed by atoms with Crippen molar-refractivity contribution in [1.29, 1.82) is 0 Å². The van der Waals surface area contributed by atoms with Crippen molar-refractivity contribution in [2.45, 2.75) is 79.1 Å². The van der Waals surface area contributed by atoms with Gasteiger partial charge in [-0.3, -0.25) is 0 Å². The fourth-order valence-corrected chi connectivity index (χ4v) is 4.95. The topological polar surface area (TPSA) is 26.0 Å². The minimum atomic E-state index is 0.207. The van der Waals surface area contributed by atoms with Gasteiger partial charge in [0.05, 0.1) is 6.20 Å². The van der Waals surface area contributed by atoms with E-state index in [1.54, 1.807) is 6.20 Å². The van der Waals surface area contributed by atoms with Gasteiger partial charge >= 0.3 is 0 Å². The maximum absolute atomic E-state index is 5.40. The molecule has 0 spiro atoms. The summed E-state index contributed by atoms with van der Waals surface area (Å²) in [6, 6.07) is 6.94. The second kappa shape index (κ2) is 6.96. The van der Waals surface area contributed by atoms with Crippen LogP contribution in [0.25, 0.3) is 11.6 Å². The fourth-order valence-electron chi connectivity index (χ4n) is 4.95. The molecule has 0 saturated heterocycles. The van der Waals surface area contributed by atoms with Crippen LogP contribution in [0.4, 0.5) is 0 Å². The van der Waals surface area contributed by atoms with Crippen molar-refractivity contribution < 1.29 is 4.52 Å². The smallest absolute Gasteiger partial charge is 0.159 e. The zero-order valence-corrected chi connectivity index (χ0v) is 18.3. The largest absolute Gasteiger partial charge is 0.357 e. The summed E-state index contributed by atoms with van der Waals surface area (Å²) < 4.78 is 5.40. The molecule has 2 aromatic rings. The Balaban J connectivity index is 2.24. The summed E-state index contributed by atoms with van der Waals surface area (Å²) in [6.07, 6.45) is 6.19. The normalized spacial score (nSPS) is 18.4. The molecule has 0 N–H and O–H groups in total. The van der Waals surface area contributed by atoms with Crippen LogP contribution in [0.2, 0.25) is 0 Å². The van der Waals surface area contributed by atoms with Gasteiger partial charge in [0.25, 0.3) is 0 Å². The number of benzene rings is 1. The molecule has 0 unspecified atom stereocenters. The number of allylic oxidation sites excluding steroid dienone is 1. The average molecular weight is 366 g/mol. The molecule has 0 aliphatic heterocycles. The standard InChI is InChI=1S/C25H35NO/c1-16(2)11-18-12-22-23(25(7,8)15-24(22,5)6)14-21(18)20(17(3)4)13-19-9-10-26-27-19/h9-10,12-14,16-17H,11,15H2,1-8H3/b20-13+. The summed E-state index contributed by atoms with van der Waals surface area (Å²) in [6.45, 7) is 18.7. The van der Waals surface area contributed by atoms with Crippen LogP contribution in [0.5, 0.6) is 0 Å². The minimum absolute atomic E-state index is 0.207. The van der Waals surface area contributed by atoms with Gasteiger partial charge in [-0.2, -0.15) is 0 Å². The molecule has 2 nitrogen and oxygen atoms in total. The van der Waals surface area contributed by atoms with Crippen molar-refractivity contribution in [3.63, 3.8) is 0 Å². The molecule has 0 amide bonds. The lowest BCUT2D eigenvalue weighted by Crippen LogP contribution is -2.18. The minimum Gasteiger partial charge on any atom is -0.357 e. The van der Waals surface area contributed by atoms with Crippen LogP contribution in [0.15, 0.2) is 28.9 Å². The lowest BCUT2D eigenvalue weighted by Gasteiger charge is -2.24. The quantitative estimate of drug-likeness (QED) is 0.568. The first-order valence-corrected chi connectivity index (χ1v) is 10.3. The van der Waals surface area contributed by atoms with E-state index in [0.717, 1.165) is 12.2 Å². The highest BCUT2D eigenvalue weighted by molar-refractivity contribution is 5.83. The molecule has 3 rings (SSSR count). The first-order chi connectivity index (χ1) is 12.5. The van der Waals surface area contributed by atoms with E-state index in [2.05, 4.69) is 78.8 Å². The van der Waals surface area contributed by atoms with Gasteiger partial charge in [0.1, 0.15) is 0 Å². The Kier molecular flexibility index (Phi) is 5.14. The summed E-state index contributed by atoms with van der Waals surface area (Å²) in [5.41, 5.74) is 7.68. The van der Waals surface area contributed by atoms with Crippen molar-refractivity contribution in [2.75, 3.05) is 0 Å². The third-order valence-corrected chi connectivity index (χ3v) is 5.90. The van der Waals surface area contributed by atoms with E-state index in [0.29, 0.717) is 11.8 Å². The van der Waals surface area contributed by atoms with E-state index >= 15 is 0 Å². The van der Waals surface area contributed by atoms with E-state index in [-0.39, 0.29) is 10.8 Å². The Labute approximate surface area is 165 Å². The lowest BCUT2D eigenvalue weighted by atomic mass is 9.81. The number of rotatable bonds is 5. The molecular formula is C25H35NO. The molecule has 146 valence electrons. The summed E-state index contributed by atoms with van der Waals surface area (Å²) in [4.78, 5) is 0. The molecule has 1 aliphatic rings. The Morgan fingerprint density at radius 3 is 2.22 bits per heavy atom. The third kappa shape index (κ3) is 3.90. The number of hydrogen-bond acceptors (Lipinski definition) is 2. The van der Waals surface area contributed by atoms with Gasteiger partial charge in [0.15, 0.2) is 5.76 Å². The van der Waals surface area contributed by atoms with Crippen LogP contribution in [0.1, 0.15) is 89.8 Å². The maximum atomic E-state index is 5.40. The van der Waals surface area contributed by atoms with Crippen LogP contribution in [-0.2, 0) is 17.3 Å². The molecule has 0 saturated carbocycles. The van der Waals surface area contributed by atoms with E-state index in [9.17, 15) is 0 Å². The monoisotopic (exact) mass is 365 g/mol. The van der Waals surface area contributed by atoms with Crippen molar-refractivity contribution in [3.8, 4) is 0 Å². The van der Waals surface area contributed by atoms with E-state index in [1.165, 1.54) is 34.2 Å². The molecule has 1 aromatic carbocycles. The fraction of sp³-hybridized carbons (Fsp3) is 0.560. The molecule has 0 fully saturated rings. The molecule has 0 atom stereocenters. The van der Waals surface area contributed by atoms with Crippen LogP contribution in [0.3, 0.4) is 0 Å². The molecule has 1 heterocycles. The molecule has 27 heavy (non-hydrogen) atoms. The first-order valence-electron chi connectivity index (χ1n) is 10.3. The first kappa shape index (κ1) is 19.9. The molecule has 0 bridgehead atoms. The van der Waals surface area contributed by atoms with Gasteiger partial charge in [-0.05, 0) is 69.4 Å². The van der Waals surface area contributed by atoms with E-state index in [1.807, 2.05) is 6.07 Å². The second-order valence-electron chi connectivity index (χ2n) is 10.3. The van der Waals surface area contributed by atoms with Gasteiger partial charge < -0.3 is 4.52 Å². The zero-order valence-electron chi connectivity index (χ0n) is 18.3. The van der Waals surface area contributed by atoms with Crippen molar-refractivity contribution in [1.82, 2.24) is 5.16 Å². The average Bonchev–Trinajstić information content (AvgIpc) is 3.09. The predicted molar refractivity (Wildman–Crippen MR) is 115 cm³/mol.